The van der Waals surface area contributed by atoms with Gasteiger partial charge in [-0.3, -0.25) is 0 Å². The number of fused-ring (bicyclic) bond motifs is 2. The van der Waals surface area contributed by atoms with E-state index >= 15 is 0 Å². The lowest BCUT2D eigenvalue weighted by molar-refractivity contribution is -0.0160. The van der Waals surface area contributed by atoms with Crippen molar-refractivity contribution in [2.45, 2.75) is 38.3 Å². The average molecular weight is 505 g/mol. The molecular weight excluding hydrogens is 475 g/mol. The predicted molar refractivity (Wildman–Crippen MR) is 137 cm³/mol. The number of rotatable bonds is 4. The van der Waals surface area contributed by atoms with Crippen LogP contribution in [0.1, 0.15) is 42.3 Å². The van der Waals surface area contributed by atoms with Gasteiger partial charge in [0.2, 0.25) is 0 Å². The fourth-order valence-corrected chi connectivity index (χ4v) is 5.42. The number of ether oxygens (including phenoxy) is 3. The second-order valence-corrected chi connectivity index (χ2v) is 9.55. The molecule has 0 spiro atoms. The summed E-state index contributed by atoms with van der Waals surface area (Å²) in [4.78, 5) is 20.2. The van der Waals surface area contributed by atoms with E-state index in [-0.39, 0.29) is 25.3 Å². The quantitative estimate of drug-likeness (QED) is 0.515. The minimum absolute atomic E-state index is 0.0718. The molecule has 1 atom stereocenters. The summed E-state index contributed by atoms with van der Waals surface area (Å²) in [6.45, 7) is 2.33. The zero-order valence-corrected chi connectivity index (χ0v) is 20.7. The highest BCUT2D eigenvalue weighted by atomic mass is 19.1. The molecule has 2 aromatic carbocycles. The van der Waals surface area contributed by atoms with Crippen LogP contribution in [0, 0.1) is 5.82 Å². The first-order valence-corrected chi connectivity index (χ1v) is 12.6. The number of likely N-dealkylation sites (tertiary alicyclic amines) is 1. The van der Waals surface area contributed by atoms with E-state index in [1.165, 1.54) is 12.1 Å². The number of anilines is 1. The molecule has 2 amide bonds. The van der Waals surface area contributed by atoms with Crippen molar-refractivity contribution < 1.29 is 23.4 Å². The second kappa shape index (κ2) is 9.89. The van der Waals surface area contributed by atoms with Gasteiger partial charge < -0.3 is 29.0 Å². The largest absolute Gasteiger partial charge is 0.497 e. The number of carbonyl (C=O) groups is 1. The van der Waals surface area contributed by atoms with Crippen molar-refractivity contribution in [3.63, 3.8) is 0 Å². The molecule has 1 fully saturated rings. The number of imidazole rings is 1. The monoisotopic (exact) mass is 504 g/mol. The molecule has 1 saturated heterocycles. The van der Waals surface area contributed by atoms with Crippen LogP contribution in [-0.2, 0) is 17.9 Å². The lowest BCUT2D eigenvalue weighted by Gasteiger charge is -2.33. The summed E-state index contributed by atoms with van der Waals surface area (Å²) in [7, 11) is 1.66. The van der Waals surface area contributed by atoms with Crippen molar-refractivity contribution in [3.05, 3.63) is 65.4 Å². The minimum atomic E-state index is -0.443. The van der Waals surface area contributed by atoms with Gasteiger partial charge in [-0.25, -0.2) is 14.2 Å². The fourth-order valence-electron chi connectivity index (χ4n) is 5.42. The number of allylic oxidation sites excluding steroid dienone is 1. The Morgan fingerprint density at radius 2 is 2.16 bits per heavy atom. The molecule has 4 heterocycles. The summed E-state index contributed by atoms with van der Waals surface area (Å²) in [5, 5.41) is 2.87. The van der Waals surface area contributed by atoms with Crippen LogP contribution in [-0.4, -0.2) is 47.5 Å². The highest BCUT2D eigenvalue weighted by Gasteiger charge is 2.31. The van der Waals surface area contributed by atoms with Gasteiger partial charge in [0, 0.05) is 42.7 Å². The number of aromatic nitrogens is 2. The first-order valence-electron chi connectivity index (χ1n) is 12.6. The van der Waals surface area contributed by atoms with Gasteiger partial charge in [0.25, 0.3) is 0 Å². The third-order valence-corrected chi connectivity index (χ3v) is 7.16. The summed E-state index contributed by atoms with van der Waals surface area (Å²) in [6, 6.07) is 10.3. The molecule has 0 bridgehead atoms. The number of piperidine rings is 1. The zero-order chi connectivity index (χ0) is 25.4. The van der Waals surface area contributed by atoms with E-state index in [4.69, 9.17) is 19.2 Å². The number of benzene rings is 2. The summed E-state index contributed by atoms with van der Waals surface area (Å²) in [6.07, 6.45) is 7.06. The molecule has 0 radical (unpaired) electrons. The molecule has 3 aliphatic rings. The van der Waals surface area contributed by atoms with E-state index in [2.05, 4.69) is 22.0 Å². The van der Waals surface area contributed by atoms with Gasteiger partial charge in [-0.1, -0.05) is 18.2 Å². The molecule has 0 aliphatic carbocycles. The van der Waals surface area contributed by atoms with Gasteiger partial charge in [0.1, 0.15) is 17.4 Å². The molecule has 37 heavy (non-hydrogen) atoms. The van der Waals surface area contributed by atoms with Gasteiger partial charge in [0.05, 0.1) is 30.8 Å². The number of hydrogen-bond donors (Lipinski definition) is 1. The van der Waals surface area contributed by atoms with Crippen molar-refractivity contribution in [2.75, 3.05) is 32.3 Å². The van der Waals surface area contributed by atoms with E-state index in [0.717, 1.165) is 54.3 Å². The van der Waals surface area contributed by atoms with Crippen molar-refractivity contribution in [1.82, 2.24) is 14.5 Å². The number of halogens is 1. The molecule has 0 saturated carbocycles. The first kappa shape index (κ1) is 23.5. The van der Waals surface area contributed by atoms with Crippen molar-refractivity contribution >= 4 is 17.8 Å². The van der Waals surface area contributed by atoms with Gasteiger partial charge in [-0.2, -0.15) is 0 Å². The molecule has 1 N–H and O–H groups in total. The third-order valence-electron chi connectivity index (χ3n) is 7.16. The van der Waals surface area contributed by atoms with Crippen molar-refractivity contribution in [3.8, 4) is 22.8 Å². The highest BCUT2D eigenvalue weighted by molar-refractivity contribution is 5.91. The number of amides is 2. The highest BCUT2D eigenvalue weighted by Crippen LogP contribution is 2.37. The Morgan fingerprint density at radius 1 is 1.24 bits per heavy atom. The van der Waals surface area contributed by atoms with E-state index in [1.54, 1.807) is 12.0 Å². The van der Waals surface area contributed by atoms with Crippen molar-refractivity contribution in [1.29, 1.82) is 0 Å². The molecule has 8 nitrogen and oxygen atoms in total. The number of nitrogens with one attached hydrogen (secondary N) is 1. The zero-order valence-electron chi connectivity index (χ0n) is 20.7. The summed E-state index contributed by atoms with van der Waals surface area (Å²) < 4.78 is 32.7. The lowest BCUT2D eigenvalue weighted by atomic mass is 9.97. The van der Waals surface area contributed by atoms with Crippen LogP contribution < -0.4 is 14.8 Å². The minimum Gasteiger partial charge on any atom is -0.497 e. The maximum atomic E-state index is 14.2. The normalized spacial score (nSPS) is 18.5. The van der Waals surface area contributed by atoms with Crippen LogP contribution in [0.3, 0.4) is 0 Å². The van der Waals surface area contributed by atoms with Crippen LogP contribution in [0.4, 0.5) is 14.9 Å². The predicted octanol–water partition coefficient (Wildman–Crippen LogP) is 5.39. The Bertz CT molecular complexity index is 1370. The Kier molecular flexibility index (Phi) is 6.30. The number of carbonyl (C=O) groups excluding carboxylic acids is 1. The Hall–Kier alpha value is -3.85. The Labute approximate surface area is 214 Å². The summed E-state index contributed by atoms with van der Waals surface area (Å²) >= 11 is 0. The lowest BCUT2D eigenvalue weighted by Crippen LogP contribution is -2.42. The molecule has 3 aliphatic heterocycles. The molecule has 6 rings (SSSR count). The summed E-state index contributed by atoms with van der Waals surface area (Å²) in [5.74, 6) is 1.90. The fraction of sp³-hybridized carbons (Fsp3) is 0.357. The van der Waals surface area contributed by atoms with Crippen molar-refractivity contribution in [2.24, 2.45) is 0 Å². The van der Waals surface area contributed by atoms with E-state index < -0.39 is 5.82 Å². The molecular formula is C28H29FN4O4. The SMILES string of the molecule is COc1cccc(-c2nc(C3CCCN(C(=O)Nc4cc(F)cc5c4OCOC5)C3)n3c2C=CCC3)c1. The molecule has 1 unspecified atom stereocenters. The van der Waals surface area contributed by atoms with Gasteiger partial charge in [-0.05, 0) is 43.5 Å². The smallest absolute Gasteiger partial charge is 0.321 e. The molecule has 192 valence electrons. The third kappa shape index (κ3) is 4.55. The Morgan fingerprint density at radius 3 is 3.05 bits per heavy atom. The van der Waals surface area contributed by atoms with Crippen LogP contribution >= 0.6 is 0 Å². The average Bonchev–Trinajstić information content (AvgIpc) is 3.33. The second-order valence-electron chi connectivity index (χ2n) is 9.55. The maximum Gasteiger partial charge on any atom is 0.321 e. The van der Waals surface area contributed by atoms with E-state index in [9.17, 15) is 9.18 Å². The van der Waals surface area contributed by atoms with Crippen LogP contribution in [0.5, 0.6) is 11.5 Å². The van der Waals surface area contributed by atoms with E-state index in [1.807, 2.05) is 24.3 Å². The van der Waals surface area contributed by atoms with Gasteiger partial charge >= 0.3 is 6.03 Å². The Balaban J connectivity index is 1.26. The van der Waals surface area contributed by atoms with Gasteiger partial charge in [-0.15, -0.1) is 0 Å². The molecule has 3 aromatic rings. The van der Waals surface area contributed by atoms with Crippen LogP contribution in [0.15, 0.2) is 42.5 Å². The standard InChI is InChI=1S/C28H29FN4O4/c1-35-22-8-4-6-18(13-22)25-24-9-2-3-11-33(24)27(31-25)19-7-5-10-32(15-19)28(34)30-23-14-21(29)12-20-16-36-17-37-26(20)23/h2,4,6,8-9,12-14,19H,3,5,7,10-11,15-17H2,1H3,(H,30,34). The molecule has 1 aromatic heterocycles. The van der Waals surface area contributed by atoms with Crippen LogP contribution in [0.25, 0.3) is 17.3 Å². The topological polar surface area (TPSA) is 77.8 Å². The summed E-state index contributed by atoms with van der Waals surface area (Å²) in [5.41, 5.74) is 3.93. The molecule has 9 heteroatoms. The number of hydrogen-bond acceptors (Lipinski definition) is 5. The maximum absolute atomic E-state index is 14.2. The number of nitrogens with zero attached hydrogens (tertiary/aromatic N) is 3. The van der Waals surface area contributed by atoms with Crippen LogP contribution in [0.2, 0.25) is 0 Å². The van der Waals surface area contributed by atoms with E-state index in [0.29, 0.717) is 30.1 Å². The number of methoxy groups -OCH3 is 1. The first-order chi connectivity index (χ1) is 18.1. The van der Waals surface area contributed by atoms with Gasteiger partial charge in [0.15, 0.2) is 12.5 Å². The number of urea groups is 1.